The van der Waals surface area contributed by atoms with E-state index in [-0.39, 0.29) is 5.91 Å². The number of fused-ring (bicyclic) bond motifs is 1. The fourth-order valence-electron chi connectivity index (χ4n) is 3.52. The predicted octanol–water partition coefficient (Wildman–Crippen LogP) is 5.18. The Morgan fingerprint density at radius 3 is 2.79 bits per heavy atom. The van der Waals surface area contributed by atoms with Gasteiger partial charge in [-0.05, 0) is 56.4 Å². The molecule has 0 fully saturated rings. The quantitative estimate of drug-likeness (QED) is 0.585. The van der Waals surface area contributed by atoms with Gasteiger partial charge in [-0.25, -0.2) is 4.98 Å². The van der Waals surface area contributed by atoms with Crippen molar-refractivity contribution in [1.29, 1.82) is 0 Å². The van der Waals surface area contributed by atoms with E-state index < -0.39 is 0 Å². The predicted molar refractivity (Wildman–Crippen MR) is 114 cm³/mol. The summed E-state index contributed by atoms with van der Waals surface area (Å²) in [6.07, 6.45) is 11.9. The van der Waals surface area contributed by atoms with Gasteiger partial charge >= 0.3 is 0 Å². The number of amides is 1. The molecule has 0 atom stereocenters. The Balaban J connectivity index is 1.36. The van der Waals surface area contributed by atoms with E-state index in [9.17, 15) is 4.79 Å². The van der Waals surface area contributed by atoms with E-state index in [1.807, 2.05) is 36.4 Å². The minimum atomic E-state index is -0.239. The number of nitrogens with zero attached hydrogens (tertiary/aromatic N) is 2. The van der Waals surface area contributed by atoms with Crippen molar-refractivity contribution in [1.82, 2.24) is 9.97 Å². The lowest BCUT2D eigenvalue weighted by molar-refractivity contribution is 0.102. The Morgan fingerprint density at radius 2 is 1.96 bits per heavy atom. The van der Waals surface area contributed by atoms with Crippen molar-refractivity contribution in [2.75, 3.05) is 17.2 Å². The van der Waals surface area contributed by atoms with Crippen LogP contribution in [0.4, 0.5) is 11.4 Å². The number of benzene rings is 1. The average molecular weight is 372 g/mol. The molecule has 0 saturated heterocycles. The van der Waals surface area contributed by atoms with Crippen molar-refractivity contribution in [3.8, 4) is 0 Å². The first-order valence-corrected chi connectivity index (χ1v) is 9.82. The van der Waals surface area contributed by atoms with E-state index in [0.29, 0.717) is 11.4 Å². The Morgan fingerprint density at radius 1 is 1.04 bits per heavy atom. The normalized spacial score (nSPS) is 13.8. The van der Waals surface area contributed by atoms with Crippen LogP contribution in [0.2, 0.25) is 0 Å². The first kappa shape index (κ1) is 18.2. The third kappa shape index (κ3) is 4.36. The van der Waals surface area contributed by atoms with Gasteiger partial charge in [-0.3, -0.25) is 9.78 Å². The molecule has 142 valence electrons. The molecule has 0 saturated carbocycles. The van der Waals surface area contributed by atoms with E-state index >= 15 is 0 Å². The van der Waals surface area contributed by atoms with Crippen molar-refractivity contribution in [2.24, 2.45) is 0 Å². The number of hydrogen-bond donors (Lipinski definition) is 2. The zero-order valence-corrected chi connectivity index (χ0v) is 15.8. The number of aromatic nitrogens is 2. The molecular formula is C23H24N4O. The molecule has 0 unspecified atom stereocenters. The SMILES string of the molecule is O=C(Nc1cccc2cccnc12)c1ccc(NCCC2=CCCCC2)cn1. The van der Waals surface area contributed by atoms with Crippen LogP contribution in [0.5, 0.6) is 0 Å². The fourth-order valence-corrected chi connectivity index (χ4v) is 3.52. The van der Waals surface area contributed by atoms with Crippen LogP contribution in [0.25, 0.3) is 10.9 Å². The van der Waals surface area contributed by atoms with Gasteiger partial charge in [0.15, 0.2) is 0 Å². The van der Waals surface area contributed by atoms with Gasteiger partial charge in [-0.1, -0.05) is 29.8 Å². The van der Waals surface area contributed by atoms with Gasteiger partial charge in [0.2, 0.25) is 0 Å². The highest BCUT2D eigenvalue weighted by atomic mass is 16.1. The van der Waals surface area contributed by atoms with Crippen LogP contribution in [0.1, 0.15) is 42.6 Å². The second kappa shape index (κ2) is 8.65. The molecule has 5 nitrogen and oxygen atoms in total. The van der Waals surface area contributed by atoms with Crippen LogP contribution in [-0.4, -0.2) is 22.4 Å². The van der Waals surface area contributed by atoms with Crippen molar-refractivity contribution >= 4 is 28.2 Å². The van der Waals surface area contributed by atoms with Crippen molar-refractivity contribution in [3.05, 3.63) is 72.2 Å². The highest BCUT2D eigenvalue weighted by Gasteiger charge is 2.10. The summed E-state index contributed by atoms with van der Waals surface area (Å²) in [5.41, 5.74) is 4.32. The first-order valence-electron chi connectivity index (χ1n) is 9.82. The minimum absolute atomic E-state index is 0.239. The number of carbonyl (C=O) groups excluding carboxylic acids is 1. The molecular weight excluding hydrogens is 348 g/mol. The Bertz CT molecular complexity index is 990. The fraction of sp³-hybridized carbons (Fsp3) is 0.261. The smallest absolute Gasteiger partial charge is 0.274 e. The van der Waals surface area contributed by atoms with E-state index in [1.54, 1.807) is 24.0 Å². The highest BCUT2D eigenvalue weighted by Crippen LogP contribution is 2.22. The van der Waals surface area contributed by atoms with E-state index in [0.717, 1.165) is 29.6 Å². The molecule has 1 amide bonds. The van der Waals surface area contributed by atoms with Crippen molar-refractivity contribution < 1.29 is 4.79 Å². The molecule has 4 rings (SSSR count). The molecule has 1 aliphatic carbocycles. The van der Waals surface area contributed by atoms with Gasteiger partial charge in [0.05, 0.1) is 23.1 Å². The van der Waals surface area contributed by atoms with Crippen molar-refractivity contribution in [2.45, 2.75) is 32.1 Å². The third-order valence-corrected chi connectivity index (χ3v) is 5.04. The molecule has 0 radical (unpaired) electrons. The average Bonchev–Trinajstić information content (AvgIpc) is 2.75. The van der Waals surface area contributed by atoms with Gasteiger partial charge in [0, 0.05) is 18.1 Å². The summed E-state index contributed by atoms with van der Waals surface area (Å²) in [6, 6.07) is 13.2. The van der Waals surface area contributed by atoms with Crippen molar-refractivity contribution in [3.63, 3.8) is 0 Å². The van der Waals surface area contributed by atoms with Gasteiger partial charge in [0.25, 0.3) is 5.91 Å². The van der Waals surface area contributed by atoms with Crippen LogP contribution in [-0.2, 0) is 0 Å². The van der Waals surface area contributed by atoms with Gasteiger partial charge in [-0.15, -0.1) is 0 Å². The van der Waals surface area contributed by atoms with Gasteiger partial charge in [0.1, 0.15) is 5.69 Å². The largest absolute Gasteiger partial charge is 0.383 e. The maximum Gasteiger partial charge on any atom is 0.274 e. The summed E-state index contributed by atoms with van der Waals surface area (Å²) in [7, 11) is 0. The molecule has 2 aromatic heterocycles. The van der Waals surface area contributed by atoms with Crippen LogP contribution in [0.3, 0.4) is 0 Å². The lowest BCUT2D eigenvalue weighted by Crippen LogP contribution is -2.14. The summed E-state index contributed by atoms with van der Waals surface area (Å²) in [5.74, 6) is -0.239. The number of hydrogen-bond acceptors (Lipinski definition) is 4. The number of nitrogens with one attached hydrogen (secondary N) is 2. The minimum Gasteiger partial charge on any atom is -0.383 e. The molecule has 1 aromatic carbocycles. The molecule has 28 heavy (non-hydrogen) atoms. The summed E-state index contributed by atoms with van der Waals surface area (Å²) in [6.45, 7) is 0.890. The van der Waals surface area contributed by atoms with Gasteiger partial charge < -0.3 is 10.6 Å². The lowest BCUT2D eigenvalue weighted by Gasteiger charge is -2.13. The maximum absolute atomic E-state index is 12.6. The van der Waals surface area contributed by atoms with Crippen LogP contribution in [0, 0.1) is 0 Å². The molecule has 0 bridgehead atoms. The molecule has 2 heterocycles. The first-order chi connectivity index (χ1) is 13.8. The molecule has 5 heteroatoms. The molecule has 0 aliphatic heterocycles. The van der Waals surface area contributed by atoms with Crippen LogP contribution in [0.15, 0.2) is 66.5 Å². The highest BCUT2D eigenvalue weighted by molar-refractivity contribution is 6.07. The van der Waals surface area contributed by atoms with E-state index in [2.05, 4.69) is 26.7 Å². The standard InChI is InChI=1S/C23H24N4O/c28-23(27-20-10-4-8-18-9-5-14-25-22(18)20)21-12-11-19(16-26-21)24-15-13-17-6-2-1-3-7-17/h4-6,8-12,14,16,24H,1-3,7,13,15H2,(H,27,28). The maximum atomic E-state index is 12.6. The third-order valence-electron chi connectivity index (χ3n) is 5.04. The Labute approximate surface area is 164 Å². The number of carbonyl (C=O) groups is 1. The number of pyridine rings is 2. The summed E-state index contributed by atoms with van der Waals surface area (Å²) >= 11 is 0. The van der Waals surface area contributed by atoms with Crippen LogP contribution >= 0.6 is 0 Å². The Hall–Kier alpha value is -3.21. The monoisotopic (exact) mass is 372 g/mol. The molecule has 2 N–H and O–H groups in total. The second-order valence-electron chi connectivity index (χ2n) is 7.05. The Kier molecular flexibility index (Phi) is 5.61. The molecule has 3 aromatic rings. The summed E-state index contributed by atoms with van der Waals surface area (Å²) in [5, 5.41) is 7.29. The van der Waals surface area contributed by atoms with Crippen LogP contribution < -0.4 is 10.6 Å². The molecule has 1 aliphatic rings. The molecule has 0 spiro atoms. The number of para-hydroxylation sites is 1. The van der Waals surface area contributed by atoms with E-state index in [1.165, 1.54) is 25.7 Å². The topological polar surface area (TPSA) is 66.9 Å². The summed E-state index contributed by atoms with van der Waals surface area (Å²) < 4.78 is 0. The zero-order valence-electron chi connectivity index (χ0n) is 15.8. The van der Waals surface area contributed by atoms with Gasteiger partial charge in [-0.2, -0.15) is 0 Å². The second-order valence-corrected chi connectivity index (χ2v) is 7.05. The number of rotatable bonds is 6. The van der Waals surface area contributed by atoms with E-state index in [4.69, 9.17) is 0 Å². The zero-order chi connectivity index (χ0) is 19.2. The number of anilines is 2. The number of allylic oxidation sites excluding steroid dienone is 1. The lowest BCUT2D eigenvalue weighted by atomic mass is 9.97. The summed E-state index contributed by atoms with van der Waals surface area (Å²) in [4.78, 5) is 21.2.